The van der Waals surface area contributed by atoms with Gasteiger partial charge in [0.1, 0.15) is 0 Å². The van der Waals surface area contributed by atoms with Crippen molar-refractivity contribution in [2.45, 2.75) is 32.1 Å². The largest absolute Gasteiger partial charge is 0.416 e. The maximum Gasteiger partial charge on any atom is 0.416 e. The smallest absolute Gasteiger partial charge is 0.352 e. The molecule has 4 nitrogen and oxygen atoms in total. The molecule has 0 aromatic heterocycles. The lowest BCUT2D eigenvalue weighted by Crippen LogP contribution is -2.37. The van der Waals surface area contributed by atoms with Crippen LogP contribution in [0.4, 0.5) is 13.2 Å². The molecule has 1 unspecified atom stereocenters. The van der Waals surface area contributed by atoms with Gasteiger partial charge in [-0.2, -0.15) is 13.2 Å². The van der Waals surface area contributed by atoms with Gasteiger partial charge in [-0.05, 0) is 36.8 Å². The molecule has 7 heteroatoms. The van der Waals surface area contributed by atoms with E-state index in [4.69, 9.17) is 0 Å². The summed E-state index contributed by atoms with van der Waals surface area (Å²) in [4.78, 5) is 23.9. The Morgan fingerprint density at radius 1 is 1.00 bits per heavy atom. The lowest BCUT2D eigenvalue weighted by molar-refractivity contribution is -0.137. The zero-order chi connectivity index (χ0) is 19.2. The van der Waals surface area contributed by atoms with Gasteiger partial charge in [0.15, 0.2) is 0 Å². The van der Waals surface area contributed by atoms with Crippen LogP contribution in [0.25, 0.3) is 0 Å². The van der Waals surface area contributed by atoms with Gasteiger partial charge in [-0.3, -0.25) is 9.59 Å². The predicted octanol–water partition coefficient (Wildman–Crippen LogP) is 3.53. The predicted molar refractivity (Wildman–Crippen MR) is 91.3 cm³/mol. The van der Waals surface area contributed by atoms with Gasteiger partial charge < -0.3 is 10.6 Å². The van der Waals surface area contributed by atoms with Gasteiger partial charge in [0.2, 0.25) is 5.91 Å². The number of rotatable bonds is 6. The number of hydrogen-bond donors (Lipinski definition) is 2. The molecule has 2 amide bonds. The Kier molecular flexibility index (Phi) is 6.38. The summed E-state index contributed by atoms with van der Waals surface area (Å²) >= 11 is 0. The minimum atomic E-state index is -4.38. The fourth-order valence-corrected chi connectivity index (χ4v) is 2.31. The standard InChI is InChI=1S/C19H19F3N2O2/c1-13(24-18(26)15-5-3-2-4-6-15)11-17(25)23-12-14-7-9-16(10-8-14)19(20,21)22/h2-10,13H,11-12H2,1H3,(H,23,25)(H,24,26). The van der Waals surface area contributed by atoms with E-state index in [1.165, 1.54) is 12.1 Å². The lowest BCUT2D eigenvalue weighted by Gasteiger charge is -2.14. The molecule has 26 heavy (non-hydrogen) atoms. The molecule has 0 aliphatic carbocycles. The third-order valence-electron chi connectivity index (χ3n) is 3.68. The second-order valence-corrected chi connectivity index (χ2v) is 5.92. The van der Waals surface area contributed by atoms with Gasteiger partial charge in [0.05, 0.1) is 5.56 Å². The summed E-state index contributed by atoms with van der Waals surface area (Å²) in [5, 5.41) is 5.35. The van der Waals surface area contributed by atoms with Gasteiger partial charge in [0.25, 0.3) is 5.91 Å². The number of alkyl halides is 3. The normalized spacial score (nSPS) is 12.3. The molecule has 0 heterocycles. The molecule has 0 fully saturated rings. The molecule has 0 spiro atoms. The molecule has 2 aromatic rings. The highest BCUT2D eigenvalue weighted by atomic mass is 19.4. The van der Waals surface area contributed by atoms with Crippen LogP contribution in [0.5, 0.6) is 0 Å². The quantitative estimate of drug-likeness (QED) is 0.824. The van der Waals surface area contributed by atoms with Crippen molar-refractivity contribution < 1.29 is 22.8 Å². The van der Waals surface area contributed by atoms with E-state index in [1.807, 2.05) is 0 Å². The third kappa shape index (κ3) is 5.91. The highest BCUT2D eigenvalue weighted by Crippen LogP contribution is 2.29. The zero-order valence-corrected chi connectivity index (χ0v) is 14.1. The molecule has 2 N–H and O–H groups in total. The van der Waals surface area contributed by atoms with E-state index in [1.54, 1.807) is 37.3 Å². The van der Waals surface area contributed by atoms with Gasteiger partial charge in [-0.15, -0.1) is 0 Å². The van der Waals surface area contributed by atoms with E-state index >= 15 is 0 Å². The highest BCUT2D eigenvalue weighted by molar-refractivity contribution is 5.94. The molecular formula is C19H19F3N2O2. The van der Waals surface area contributed by atoms with Crippen molar-refractivity contribution in [2.75, 3.05) is 0 Å². The Hall–Kier alpha value is -2.83. The molecule has 0 saturated carbocycles. The van der Waals surface area contributed by atoms with Gasteiger partial charge in [-0.1, -0.05) is 30.3 Å². The van der Waals surface area contributed by atoms with E-state index in [9.17, 15) is 22.8 Å². The molecule has 0 radical (unpaired) electrons. The Labute approximate surface area is 149 Å². The van der Waals surface area contributed by atoms with Crippen LogP contribution in [-0.2, 0) is 17.5 Å². The van der Waals surface area contributed by atoms with Crippen LogP contribution in [-0.4, -0.2) is 17.9 Å². The van der Waals surface area contributed by atoms with Crippen molar-refractivity contribution in [3.63, 3.8) is 0 Å². The van der Waals surface area contributed by atoms with Crippen molar-refractivity contribution in [1.82, 2.24) is 10.6 Å². The summed E-state index contributed by atoms with van der Waals surface area (Å²) in [6, 6.07) is 12.9. The van der Waals surface area contributed by atoms with E-state index in [2.05, 4.69) is 10.6 Å². The van der Waals surface area contributed by atoms with E-state index in [-0.39, 0.29) is 30.8 Å². The topological polar surface area (TPSA) is 58.2 Å². The summed E-state index contributed by atoms with van der Waals surface area (Å²) in [6.07, 6.45) is -4.31. The van der Waals surface area contributed by atoms with Crippen molar-refractivity contribution >= 4 is 11.8 Å². The molecule has 0 saturated heterocycles. The first-order valence-electron chi connectivity index (χ1n) is 8.04. The summed E-state index contributed by atoms with van der Waals surface area (Å²) < 4.78 is 37.5. The Bertz CT molecular complexity index is 744. The van der Waals surface area contributed by atoms with Crippen LogP contribution in [0.1, 0.15) is 34.8 Å². The minimum absolute atomic E-state index is 0.0687. The molecule has 0 aliphatic rings. The zero-order valence-electron chi connectivity index (χ0n) is 14.1. The van der Waals surface area contributed by atoms with Crippen LogP contribution in [0.15, 0.2) is 54.6 Å². The fourth-order valence-electron chi connectivity index (χ4n) is 2.31. The molecule has 138 valence electrons. The van der Waals surface area contributed by atoms with Crippen molar-refractivity contribution in [3.8, 4) is 0 Å². The first-order valence-corrected chi connectivity index (χ1v) is 8.04. The van der Waals surface area contributed by atoms with Crippen LogP contribution in [0, 0.1) is 0 Å². The van der Waals surface area contributed by atoms with E-state index in [0.717, 1.165) is 12.1 Å². The maximum atomic E-state index is 12.5. The van der Waals surface area contributed by atoms with Crippen LogP contribution >= 0.6 is 0 Å². The summed E-state index contributed by atoms with van der Waals surface area (Å²) in [5.74, 6) is -0.570. The number of benzene rings is 2. The van der Waals surface area contributed by atoms with Gasteiger partial charge >= 0.3 is 6.18 Å². The van der Waals surface area contributed by atoms with Crippen molar-refractivity contribution in [3.05, 3.63) is 71.3 Å². The number of amides is 2. The summed E-state index contributed by atoms with van der Waals surface area (Å²) in [5.41, 5.74) is 0.335. The first kappa shape index (κ1) is 19.5. The Morgan fingerprint density at radius 2 is 1.62 bits per heavy atom. The maximum absolute atomic E-state index is 12.5. The summed E-state index contributed by atoms with van der Waals surface area (Å²) in [7, 11) is 0. The molecule has 0 bridgehead atoms. The van der Waals surface area contributed by atoms with E-state index < -0.39 is 11.7 Å². The average molecular weight is 364 g/mol. The Balaban J connectivity index is 1.78. The van der Waals surface area contributed by atoms with Gasteiger partial charge in [-0.25, -0.2) is 0 Å². The monoisotopic (exact) mass is 364 g/mol. The van der Waals surface area contributed by atoms with Crippen LogP contribution in [0.2, 0.25) is 0 Å². The van der Waals surface area contributed by atoms with Crippen molar-refractivity contribution in [2.24, 2.45) is 0 Å². The van der Waals surface area contributed by atoms with Gasteiger partial charge in [0, 0.05) is 24.6 Å². The summed E-state index contributed by atoms with van der Waals surface area (Å²) in [6.45, 7) is 1.83. The lowest BCUT2D eigenvalue weighted by atomic mass is 10.1. The second-order valence-electron chi connectivity index (χ2n) is 5.92. The van der Waals surface area contributed by atoms with Crippen LogP contribution in [0.3, 0.4) is 0 Å². The second kappa shape index (κ2) is 8.51. The molecule has 1 atom stereocenters. The number of carbonyl (C=O) groups is 2. The number of halogens is 3. The van der Waals surface area contributed by atoms with E-state index in [0.29, 0.717) is 11.1 Å². The highest BCUT2D eigenvalue weighted by Gasteiger charge is 2.29. The molecule has 2 aromatic carbocycles. The molecule has 0 aliphatic heterocycles. The van der Waals surface area contributed by atoms with Crippen molar-refractivity contribution in [1.29, 1.82) is 0 Å². The first-order chi connectivity index (χ1) is 12.3. The number of hydrogen-bond acceptors (Lipinski definition) is 2. The third-order valence-corrected chi connectivity index (χ3v) is 3.68. The fraction of sp³-hybridized carbons (Fsp3) is 0.263. The SMILES string of the molecule is CC(CC(=O)NCc1ccc(C(F)(F)F)cc1)NC(=O)c1ccccc1. The van der Waals surface area contributed by atoms with Crippen LogP contribution < -0.4 is 10.6 Å². The molecule has 2 rings (SSSR count). The average Bonchev–Trinajstić information content (AvgIpc) is 2.60. The number of nitrogens with one attached hydrogen (secondary N) is 2. The number of carbonyl (C=O) groups excluding carboxylic acids is 2. The minimum Gasteiger partial charge on any atom is -0.352 e. The Morgan fingerprint density at radius 3 is 2.19 bits per heavy atom. The molecular weight excluding hydrogens is 345 g/mol.